The molecule has 4 rings (SSSR count). The Bertz CT molecular complexity index is 1280. The molecule has 0 spiro atoms. The predicted molar refractivity (Wildman–Crippen MR) is 117 cm³/mol. The lowest BCUT2D eigenvalue weighted by atomic mass is 10.0. The van der Waals surface area contributed by atoms with Crippen molar-refractivity contribution in [3.05, 3.63) is 77.5 Å². The van der Waals surface area contributed by atoms with Crippen LogP contribution in [0.15, 0.2) is 60.8 Å². The van der Waals surface area contributed by atoms with Gasteiger partial charge in [0.15, 0.2) is 5.65 Å². The Labute approximate surface area is 174 Å². The van der Waals surface area contributed by atoms with E-state index in [9.17, 15) is 4.79 Å². The van der Waals surface area contributed by atoms with Crippen LogP contribution >= 0.6 is 0 Å². The number of amides is 1. The van der Waals surface area contributed by atoms with E-state index in [-0.39, 0.29) is 11.9 Å². The third-order valence-corrected chi connectivity index (χ3v) is 4.99. The number of rotatable bonds is 4. The van der Waals surface area contributed by atoms with Crippen molar-refractivity contribution in [2.45, 2.75) is 26.8 Å². The fourth-order valence-corrected chi connectivity index (χ4v) is 3.41. The number of pyridine rings is 1. The molecule has 0 radical (unpaired) electrons. The van der Waals surface area contributed by atoms with Gasteiger partial charge in [-0.3, -0.25) is 4.79 Å². The van der Waals surface area contributed by atoms with Crippen molar-refractivity contribution in [2.75, 3.05) is 5.32 Å². The molecule has 148 valence electrons. The number of hydrogen-bond donors (Lipinski definition) is 1. The maximum absolute atomic E-state index is 13.2. The predicted octanol–water partition coefficient (Wildman–Crippen LogP) is 5.11. The highest BCUT2D eigenvalue weighted by atomic mass is 16.1. The van der Waals surface area contributed by atoms with Crippen LogP contribution in [0.3, 0.4) is 0 Å². The highest BCUT2D eigenvalue weighted by Crippen LogP contribution is 2.28. The van der Waals surface area contributed by atoms with Gasteiger partial charge in [0.05, 0.1) is 34.5 Å². The van der Waals surface area contributed by atoms with Gasteiger partial charge in [-0.1, -0.05) is 24.3 Å². The second kappa shape index (κ2) is 7.80. The van der Waals surface area contributed by atoms with Gasteiger partial charge >= 0.3 is 0 Å². The van der Waals surface area contributed by atoms with Crippen LogP contribution in [0.1, 0.15) is 41.4 Å². The molecule has 0 bridgehead atoms. The fraction of sp³-hybridized carbons (Fsp3) is 0.167. The topological polar surface area (TPSA) is 83.6 Å². The zero-order valence-corrected chi connectivity index (χ0v) is 17.0. The molecule has 0 atom stereocenters. The first-order chi connectivity index (χ1) is 14.5. The van der Waals surface area contributed by atoms with Crippen LogP contribution < -0.4 is 5.32 Å². The van der Waals surface area contributed by atoms with Crippen LogP contribution in [0.25, 0.3) is 22.3 Å². The molecule has 30 heavy (non-hydrogen) atoms. The number of nitrogens with one attached hydrogen (secondary N) is 1. The van der Waals surface area contributed by atoms with E-state index >= 15 is 0 Å². The molecule has 4 aromatic rings. The summed E-state index contributed by atoms with van der Waals surface area (Å²) in [6.45, 7) is 6.09. The van der Waals surface area contributed by atoms with Crippen molar-refractivity contribution >= 4 is 22.6 Å². The van der Waals surface area contributed by atoms with E-state index in [1.165, 1.54) is 0 Å². The average molecular weight is 395 g/mol. The number of aryl methyl sites for hydroxylation is 1. The normalized spacial score (nSPS) is 10.9. The number of nitrogens with zero attached hydrogens (tertiary/aromatic N) is 4. The van der Waals surface area contributed by atoms with Gasteiger partial charge in [0.1, 0.15) is 0 Å². The highest BCUT2D eigenvalue weighted by molar-refractivity contribution is 6.12. The first kappa shape index (κ1) is 19.3. The molecule has 0 aliphatic heterocycles. The number of nitriles is 1. The summed E-state index contributed by atoms with van der Waals surface area (Å²) >= 11 is 0. The van der Waals surface area contributed by atoms with E-state index in [0.717, 1.165) is 16.8 Å². The van der Waals surface area contributed by atoms with Gasteiger partial charge in [0, 0.05) is 17.3 Å². The molecule has 0 saturated heterocycles. The van der Waals surface area contributed by atoms with Crippen molar-refractivity contribution in [3.8, 4) is 17.3 Å². The number of benzene rings is 2. The summed E-state index contributed by atoms with van der Waals surface area (Å²) in [5, 5.41) is 17.0. The summed E-state index contributed by atoms with van der Waals surface area (Å²) in [4.78, 5) is 18.0. The van der Waals surface area contributed by atoms with Crippen LogP contribution in [0.2, 0.25) is 0 Å². The zero-order chi connectivity index (χ0) is 21.3. The second-order valence-electron chi connectivity index (χ2n) is 7.43. The molecule has 0 aliphatic rings. The molecule has 0 saturated carbocycles. The third-order valence-electron chi connectivity index (χ3n) is 4.99. The molecule has 1 amide bonds. The molecule has 1 N–H and O–H groups in total. The number of carbonyl (C=O) groups excluding carboxylic acids is 1. The fourth-order valence-electron chi connectivity index (χ4n) is 3.41. The molecular formula is C24H21N5O. The van der Waals surface area contributed by atoms with E-state index in [0.29, 0.717) is 27.8 Å². The minimum atomic E-state index is -0.245. The molecular weight excluding hydrogens is 374 g/mol. The largest absolute Gasteiger partial charge is 0.322 e. The Hall–Kier alpha value is -3.98. The maximum atomic E-state index is 13.2. The molecule has 6 nitrogen and oxygen atoms in total. The molecule has 2 aromatic carbocycles. The van der Waals surface area contributed by atoms with Crippen LogP contribution in [-0.4, -0.2) is 20.7 Å². The van der Waals surface area contributed by atoms with E-state index in [1.54, 1.807) is 30.5 Å². The first-order valence-corrected chi connectivity index (χ1v) is 9.73. The van der Waals surface area contributed by atoms with Gasteiger partial charge in [0.25, 0.3) is 5.91 Å². The van der Waals surface area contributed by atoms with Crippen LogP contribution in [0, 0.1) is 18.3 Å². The number of fused-ring (bicyclic) bond motifs is 1. The smallest absolute Gasteiger partial charge is 0.256 e. The SMILES string of the molecule is Cc1ccccc1-c1cc(C(=O)Nc2ccc(C#N)cc2)c2cnn(C(C)C)c2n1. The van der Waals surface area contributed by atoms with Gasteiger partial charge in [0.2, 0.25) is 0 Å². The Morgan fingerprint density at radius 3 is 2.53 bits per heavy atom. The zero-order valence-electron chi connectivity index (χ0n) is 17.0. The molecule has 6 heteroatoms. The average Bonchev–Trinajstić information content (AvgIpc) is 3.18. The highest BCUT2D eigenvalue weighted by Gasteiger charge is 2.19. The van der Waals surface area contributed by atoms with E-state index in [1.807, 2.05) is 55.8 Å². The van der Waals surface area contributed by atoms with Gasteiger partial charge in [-0.2, -0.15) is 10.4 Å². The minimum Gasteiger partial charge on any atom is -0.322 e. The standard InChI is InChI=1S/C24H21N5O/c1-15(2)29-23-21(14-26-29)20(12-22(28-23)19-7-5-4-6-16(19)3)24(30)27-18-10-8-17(13-25)9-11-18/h4-12,14-15H,1-3H3,(H,27,30). The summed E-state index contributed by atoms with van der Waals surface area (Å²) in [6, 6.07) is 18.8. The van der Waals surface area contributed by atoms with Gasteiger partial charge in [-0.25, -0.2) is 9.67 Å². The lowest BCUT2D eigenvalue weighted by Crippen LogP contribution is -2.13. The summed E-state index contributed by atoms with van der Waals surface area (Å²) < 4.78 is 1.83. The molecule has 0 unspecified atom stereocenters. The Morgan fingerprint density at radius 1 is 1.13 bits per heavy atom. The number of carbonyl (C=O) groups is 1. The minimum absolute atomic E-state index is 0.108. The molecule has 0 fully saturated rings. The summed E-state index contributed by atoms with van der Waals surface area (Å²) in [5.74, 6) is -0.245. The lowest BCUT2D eigenvalue weighted by Gasteiger charge is -2.12. The molecule has 0 aliphatic carbocycles. The Morgan fingerprint density at radius 2 is 1.87 bits per heavy atom. The van der Waals surface area contributed by atoms with Gasteiger partial charge in [-0.05, 0) is 56.7 Å². The van der Waals surface area contributed by atoms with Crippen LogP contribution in [0.4, 0.5) is 5.69 Å². The van der Waals surface area contributed by atoms with E-state index < -0.39 is 0 Å². The Balaban J connectivity index is 1.84. The number of aromatic nitrogens is 3. The first-order valence-electron chi connectivity index (χ1n) is 9.73. The number of anilines is 1. The van der Waals surface area contributed by atoms with Crippen molar-refractivity contribution in [3.63, 3.8) is 0 Å². The van der Waals surface area contributed by atoms with Gasteiger partial charge in [-0.15, -0.1) is 0 Å². The Kier molecular flexibility index (Phi) is 5.03. The maximum Gasteiger partial charge on any atom is 0.256 e. The van der Waals surface area contributed by atoms with Crippen molar-refractivity contribution in [2.24, 2.45) is 0 Å². The lowest BCUT2D eigenvalue weighted by molar-refractivity contribution is 0.102. The quantitative estimate of drug-likeness (QED) is 0.520. The van der Waals surface area contributed by atoms with Crippen LogP contribution in [-0.2, 0) is 0 Å². The summed E-state index contributed by atoms with van der Waals surface area (Å²) in [6.07, 6.45) is 1.69. The monoisotopic (exact) mass is 395 g/mol. The van der Waals surface area contributed by atoms with Crippen molar-refractivity contribution < 1.29 is 4.79 Å². The second-order valence-corrected chi connectivity index (χ2v) is 7.43. The van der Waals surface area contributed by atoms with Crippen molar-refractivity contribution in [1.29, 1.82) is 5.26 Å². The molecule has 2 aromatic heterocycles. The van der Waals surface area contributed by atoms with E-state index in [2.05, 4.69) is 16.5 Å². The third kappa shape index (κ3) is 3.53. The van der Waals surface area contributed by atoms with Crippen molar-refractivity contribution in [1.82, 2.24) is 14.8 Å². The number of hydrogen-bond acceptors (Lipinski definition) is 4. The summed E-state index contributed by atoms with van der Waals surface area (Å²) in [5.41, 5.74) is 5.14. The van der Waals surface area contributed by atoms with Gasteiger partial charge < -0.3 is 5.32 Å². The van der Waals surface area contributed by atoms with E-state index in [4.69, 9.17) is 10.2 Å². The molecule has 2 heterocycles. The van der Waals surface area contributed by atoms with Crippen LogP contribution in [0.5, 0.6) is 0 Å². The summed E-state index contributed by atoms with van der Waals surface area (Å²) in [7, 11) is 0.